The van der Waals surface area contributed by atoms with E-state index >= 15 is 0 Å². The molecule has 0 amide bonds. The van der Waals surface area contributed by atoms with E-state index in [1.807, 2.05) is 30.3 Å². The van der Waals surface area contributed by atoms with Gasteiger partial charge in [-0.15, -0.1) is 0 Å². The Bertz CT molecular complexity index is 999. The number of pyridine rings is 1. The maximum absolute atomic E-state index is 10.0. The highest BCUT2D eigenvalue weighted by molar-refractivity contribution is 6.32. The molecular weight excluding hydrogens is 357 g/mol. The smallest absolute Gasteiger partial charge is 0.139 e. The van der Waals surface area contributed by atoms with Gasteiger partial charge in [0.1, 0.15) is 27.4 Å². The number of hydrogen-bond acceptors (Lipinski definition) is 4. The summed E-state index contributed by atoms with van der Waals surface area (Å²) in [5, 5.41) is 10.5. The summed E-state index contributed by atoms with van der Waals surface area (Å²) in [5.41, 5.74) is 8.51. The summed E-state index contributed by atoms with van der Waals surface area (Å²) in [6.45, 7) is 0. The van der Waals surface area contributed by atoms with Crippen molar-refractivity contribution >= 4 is 29.0 Å². The molecule has 1 aliphatic heterocycles. The zero-order chi connectivity index (χ0) is 17.6. The first-order valence-electron chi connectivity index (χ1n) is 7.59. The fourth-order valence-corrected chi connectivity index (χ4v) is 3.80. The lowest BCUT2D eigenvalue weighted by atomic mass is 9.78. The Morgan fingerprint density at radius 3 is 2.32 bits per heavy atom. The zero-order valence-corrected chi connectivity index (χ0v) is 14.5. The van der Waals surface area contributed by atoms with Gasteiger partial charge in [0, 0.05) is 5.56 Å². The monoisotopic (exact) mass is 369 g/mol. The Kier molecular flexibility index (Phi) is 3.67. The third kappa shape index (κ3) is 2.46. The molecule has 1 atom stereocenters. The van der Waals surface area contributed by atoms with Crippen molar-refractivity contribution in [3.05, 3.63) is 93.2 Å². The largest absolute Gasteiger partial charge is 0.508 e. The van der Waals surface area contributed by atoms with E-state index in [9.17, 15) is 5.11 Å². The molecule has 6 heteroatoms. The first kappa shape index (κ1) is 15.9. The van der Waals surface area contributed by atoms with Gasteiger partial charge in [0.15, 0.2) is 0 Å². The number of phenols is 1. The van der Waals surface area contributed by atoms with Gasteiger partial charge in [-0.25, -0.2) is 9.98 Å². The SMILES string of the molecule is NC1=NC(c2cccc(O)c2)(c2cc(Cl)nc(Cl)c2)c2ccccc21. The van der Waals surface area contributed by atoms with Gasteiger partial charge < -0.3 is 10.8 Å². The maximum Gasteiger partial charge on any atom is 0.139 e. The van der Waals surface area contributed by atoms with Crippen LogP contribution in [0.25, 0.3) is 0 Å². The van der Waals surface area contributed by atoms with E-state index in [1.165, 1.54) is 0 Å². The average molecular weight is 370 g/mol. The van der Waals surface area contributed by atoms with E-state index < -0.39 is 5.54 Å². The topological polar surface area (TPSA) is 71.5 Å². The minimum absolute atomic E-state index is 0.140. The molecule has 3 aromatic rings. The molecule has 0 spiro atoms. The Hall–Kier alpha value is -2.56. The highest BCUT2D eigenvalue weighted by Crippen LogP contribution is 2.47. The molecule has 124 valence electrons. The summed E-state index contributed by atoms with van der Waals surface area (Å²) >= 11 is 12.3. The molecular formula is C19H13Cl2N3O. The third-order valence-corrected chi connectivity index (χ3v) is 4.71. The fourth-order valence-electron chi connectivity index (χ4n) is 3.33. The summed E-state index contributed by atoms with van der Waals surface area (Å²) in [6, 6.07) is 18.1. The van der Waals surface area contributed by atoms with Gasteiger partial charge >= 0.3 is 0 Å². The molecule has 1 aromatic heterocycles. The van der Waals surface area contributed by atoms with Crippen LogP contribution in [-0.2, 0) is 5.54 Å². The average Bonchev–Trinajstić information content (AvgIpc) is 2.88. The van der Waals surface area contributed by atoms with Gasteiger partial charge in [-0.3, -0.25) is 0 Å². The van der Waals surface area contributed by atoms with Crippen molar-refractivity contribution in [1.82, 2.24) is 4.98 Å². The van der Waals surface area contributed by atoms with Crippen LogP contribution < -0.4 is 5.73 Å². The number of benzene rings is 2. The quantitative estimate of drug-likeness (QED) is 0.667. The summed E-state index contributed by atoms with van der Waals surface area (Å²) in [6.07, 6.45) is 0. The van der Waals surface area contributed by atoms with Crippen molar-refractivity contribution < 1.29 is 5.11 Å². The highest BCUT2D eigenvalue weighted by Gasteiger charge is 2.43. The second kappa shape index (κ2) is 5.76. The number of hydrogen-bond donors (Lipinski definition) is 2. The molecule has 0 saturated carbocycles. The molecule has 1 aliphatic rings. The third-order valence-electron chi connectivity index (χ3n) is 4.33. The Labute approximate surface area is 154 Å². The highest BCUT2D eigenvalue weighted by atomic mass is 35.5. The van der Waals surface area contributed by atoms with Gasteiger partial charge in [-0.1, -0.05) is 59.6 Å². The summed E-state index contributed by atoms with van der Waals surface area (Å²) in [5.74, 6) is 0.560. The van der Waals surface area contributed by atoms with Crippen LogP contribution in [0.2, 0.25) is 10.3 Å². The molecule has 0 fully saturated rings. The van der Waals surface area contributed by atoms with E-state index in [0.717, 1.165) is 22.3 Å². The standard InChI is InChI=1S/C19H13Cl2N3O/c20-16-9-12(10-17(21)23-16)19(11-4-3-5-13(25)8-11)15-7-2-1-6-14(15)18(22)24-19/h1-10,25H,(H2,22,24). The van der Waals surface area contributed by atoms with Crippen LogP contribution in [0.1, 0.15) is 22.3 Å². The van der Waals surface area contributed by atoms with Crippen molar-refractivity contribution in [3.63, 3.8) is 0 Å². The molecule has 1 unspecified atom stereocenters. The van der Waals surface area contributed by atoms with Crippen molar-refractivity contribution in [2.75, 3.05) is 0 Å². The van der Waals surface area contributed by atoms with Crippen LogP contribution in [-0.4, -0.2) is 15.9 Å². The Morgan fingerprint density at radius 2 is 1.60 bits per heavy atom. The molecule has 0 bridgehead atoms. The number of nitrogens with two attached hydrogens (primary N) is 1. The molecule has 2 heterocycles. The summed E-state index contributed by atoms with van der Waals surface area (Å²) in [4.78, 5) is 8.81. The Morgan fingerprint density at radius 1 is 0.880 bits per heavy atom. The first-order valence-corrected chi connectivity index (χ1v) is 8.34. The van der Waals surface area contributed by atoms with Gasteiger partial charge in [-0.2, -0.15) is 0 Å². The number of aromatic hydroxyl groups is 1. The Balaban J connectivity index is 2.11. The second-order valence-electron chi connectivity index (χ2n) is 5.80. The molecule has 0 saturated heterocycles. The number of halogens is 2. The predicted octanol–water partition coefficient (Wildman–Crippen LogP) is 4.10. The fraction of sp³-hybridized carbons (Fsp3) is 0.0526. The number of rotatable bonds is 2. The second-order valence-corrected chi connectivity index (χ2v) is 6.58. The minimum Gasteiger partial charge on any atom is -0.508 e. The van der Waals surface area contributed by atoms with Crippen LogP contribution in [0.15, 0.2) is 65.7 Å². The molecule has 0 aliphatic carbocycles. The van der Waals surface area contributed by atoms with Crippen LogP contribution in [0, 0.1) is 0 Å². The van der Waals surface area contributed by atoms with E-state index in [4.69, 9.17) is 33.9 Å². The maximum atomic E-state index is 10.0. The van der Waals surface area contributed by atoms with Gasteiger partial charge in [0.2, 0.25) is 0 Å². The molecule has 25 heavy (non-hydrogen) atoms. The molecule has 0 radical (unpaired) electrons. The molecule has 2 aromatic carbocycles. The van der Waals surface area contributed by atoms with Crippen molar-refractivity contribution in [1.29, 1.82) is 0 Å². The first-order chi connectivity index (χ1) is 12.0. The van der Waals surface area contributed by atoms with Gasteiger partial charge in [0.25, 0.3) is 0 Å². The van der Waals surface area contributed by atoms with E-state index in [2.05, 4.69) is 4.98 Å². The lowest BCUT2D eigenvalue weighted by Crippen LogP contribution is -2.25. The van der Waals surface area contributed by atoms with E-state index in [0.29, 0.717) is 5.84 Å². The summed E-state index contributed by atoms with van der Waals surface area (Å²) < 4.78 is 0. The van der Waals surface area contributed by atoms with E-state index in [1.54, 1.807) is 30.3 Å². The number of amidine groups is 1. The summed E-state index contributed by atoms with van der Waals surface area (Å²) in [7, 11) is 0. The zero-order valence-electron chi connectivity index (χ0n) is 12.9. The minimum atomic E-state index is -0.949. The predicted molar refractivity (Wildman–Crippen MR) is 99.4 cm³/mol. The lowest BCUT2D eigenvalue weighted by Gasteiger charge is -2.29. The van der Waals surface area contributed by atoms with Crippen molar-refractivity contribution in [2.24, 2.45) is 10.7 Å². The number of fused-ring (bicyclic) bond motifs is 1. The normalized spacial score (nSPS) is 18.7. The van der Waals surface area contributed by atoms with Gasteiger partial charge in [-0.05, 0) is 41.0 Å². The van der Waals surface area contributed by atoms with Gasteiger partial charge in [0.05, 0.1) is 0 Å². The van der Waals surface area contributed by atoms with Crippen LogP contribution in [0.5, 0.6) is 5.75 Å². The van der Waals surface area contributed by atoms with Crippen LogP contribution in [0.4, 0.5) is 0 Å². The molecule has 4 nitrogen and oxygen atoms in total. The molecule has 4 rings (SSSR count). The lowest BCUT2D eigenvalue weighted by molar-refractivity contribution is 0.473. The number of aromatic nitrogens is 1. The molecule has 3 N–H and O–H groups in total. The number of phenolic OH excluding ortho intramolecular Hbond substituents is 1. The van der Waals surface area contributed by atoms with Crippen LogP contribution >= 0.6 is 23.2 Å². The number of aliphatic imine (C=N–C) groups is 1. The van der Waals surface area contributed by atoms with Crippen LogP contribution in [0.3, 0.4) is 0 Å². The van der Waals surface area contributed by atoms with Crippen molar-refractivity contribution in [2.45, 2.75) is 5.54 Å². The number of nitrogens with zero attached hydrogens (tertiary/aromatic N) is 2. The van der Waals surface area contributed by atoms with Crippen molar-refractivity contribution in [3.8, 4) is 5.75 Å². The van der Waals surface area contributed by atoms with E-state index in [-0.39, 0.29) is 16.1 Å².